The van der Waals surface area contributed by atoms with Gasteiger partial charge in [-0.3, -0.25) is 19.7 Å². The maximum Gasteiger partial charge on any atom is 0.325 e. The first-order valence-corrected chi connectivity index (χ1v) is 9.75. The Morgan fingerprint density at radius 3 is 2.66 bits per heavy atom. The van der Waals surface area contributed by atoms with Gasteiger partial charge < -0.3 is 14.5 Å². The van der Waals surface area contributed by atoms with Gasteiger partial charge in [-0.1, -0.05) is 31.2 Å². The summed E-state index contributed by atoms with van der Waals surface area (Å²) in [6, 6.07) is 11.1. The van der Waals surface area contributed by atoms with Gasteiger partial charge in [-0.2, -0.15) is 0 Å². The molecule has 2 heterocycles. The molecule has 2 amide bonds. The molecule has 0 spiro atoms. The standard InChI is InChI=1S/C20H19N3O5S/c1-2-13-5-7-14(8-6-13)15-12-29-20(22-15)23-17(24)11-28-18(25)10-21-19(26)16-4-3-9-27-16/h3-9,12H,2,10-11H2,1H3,(H,21,26)(H,22,23,24). The number of esters is 1. The number of ether oxygens (including phenoxy) is 1. The molecule has 2 aromatic heterocycles. The van der Waals surface area contributed by atoms with Crippen molar-refractivity contribution in [1.29, 1.82) is 0 Å². The molecule has 0 bridgehead atoms. The second kappa shape index (κ2) is 9.65. The molecule has 0 saturated heterocycles. The quantitative estimate of drug-likeness (QED) is 0.550. The van der Waals surface area contributed by atoms with Crippen molar-refractivity contribution < 1.29 is 23.5 Å². The van der Waals surface area contributed by atoms with E-state index in [-0.39, 0.29) is 12.3 Å². The van der Waals surface area contributed by atoms with Gasteiger partial charge in [0.1, 0.15) is 6.54 Å². The fourth-order valence-electron chi connectivity index (χ4n) is 2.37. The Bertz CT molecular complexity index is 980. The Morgan fingerprint density at radius 1 is 1.17 bits per heavy atom. The largest absolute Gasteiger partial charge is 0.459 e. The second-order valence-electron chi connectivity index (χ2n) is 5.96. The molecular weight excluding hydrogens is 394 g/mol. The van der Waals surface area contributed by atoms with E-state index in [1.165, 1.54) is 29.2 Å². The van der Waals surface area contributed by atoms with Gasteiger partial charge in [0.25, 0.3) is 11.8 Å². The normalized spacial score (nSPS) is 10.4. The van der Waals surface area contributed by atoms with Crippen molar-refractivity contribution in [3.63, 3.8) is 0 Å². The lowest BCUT2D eigenvalue weighted by atomic mass is 10.1. The molecule has 0 atom stereocenters. The Morgan fingerprint density at radius 2 is 1.97 bits per heavy atom. The van der Waals surface area contributed by atoms with Crippen LogP contribution in [0.2, 0.25) is 0 Å². The molecule has 3 rings (SSSR count). The van der Waals surface area contributed by atoms with Crippen LogP contribution in [-0.2, 0) is 20.7 Å². The van der Waals surface area contributed by atoms with Gasteiger partial charge in [0.15, 0.2) is 17.5 Å². The lowest BCUT2D eigenvalue weighted by Crippen LogP contribution is -2.32. The minimum atomic E-state index is -0.740. The first-order valence-electron chi connectivity index (χ1n) is 8.87. The van der Waals surface area contributed by atoms with E-state index in [4.69, 9.17) is 9.15 Å². The highest BCUT2D eigenvalue weighted by molar-refractivity contribution is 7.14. The number of anilines is 1. The predicted octanol–water partition coefficient (Wildman–Crippen LogP) is 2.88. The van der Waals surface area contributed by atoms with Crippen LogP contribution in [0.3, 0.4) is 0 Å². The van der Waals surface area contributed by atoms with Crippen LogP contribution in [0.1, 0.15) is 23.0 Å². The van der Waals surface area contributed by atoms with Crippen LogP contribution >= 0.6 is 11.3 Å². The molecule has 0 saturated carbocycles. The van der Waals surface area contributed by atoms with Gasteiger partial charge in [0, 0.05) is 10.9 Å². The Balaban J connectivity index is 1.43. The smallest absolute Gasteiger partial charge is 0.325 e. The predicted molar refractivity (Wildman–Crippen MR) is 108 cm³/mol. The van der Waals surface area contributed by atoms with E-state index >= 15 is 0 Å². The topological polar surface area (TPSA) is 111 Å². The van der Waals surface area contributed by atoms with E-state index in [0.29, 0.717) is 5.13 Å². The average molecular weight is 413 g/mol. The summed E-state index contributed by atoms with van der Waals surface area (Å²) >= 11 is 1.28. The number of amides is 2. The summed E-state index contributed by atoms with van der Waals surface area (Å²) in [5.74, 6) is -1.72. The number of nitrogens with zero attached hydrogens (tertiary/aromatic N) is 1. The van der Waals surface area contributed by atoms with Gasteiger partial charge in [-0.05, 0) is 24.1 Å². The second-order valence-corrected chi connectivity index (χ2v) is 6.82. The summed E-state index contributed by atoms with van der Waals surface area (Å²) in [6.07, 6.45) is 2.31. The molecular formula is C20H19N3O5S. The van der Waals surface area contributed by atoms with Crippen molar-refractivity contribution in [3.05, 3.63) is 59.4 Å². The third-order valence-corrected chi connectivity index (χ3v) is 4.67. The van der Waals surface area contributed by atoms with Crippen LogP contribution < -0.4 is 10.6 Å². The minimum absolute atomic E-state index is 0.0828. The number of aromatic nitrogens is 1. The van der Waals surface area contributed by atoms with Crippen molar-refractivity contribution in [2.75, 3.05) is 18.5 Å². The zero-order valence-electron chi connectivity index (χ0n) is 15.6. The molecule has 8 nitrogen and oxygen atoms in total. The molecule has 150 valence electrons. The number of hydrogen-bond donors (Lipinski definition) is 2. The van der Waals surface area contributed by atoms with Crippen molar-refractivity contribution in [2.24, 2.45) is 0 Å². The van der Waals surface area contributed by atoms with E-state index in [0.717, 1.165) is 17.7 Å². The number of hydrogen-bond acceptors (Lipinski definition) is 7. The summed E-state index contributed by atoms with van der Waals surface area (Å²) < 4.78 is 9.74. The highest BCUT2D eigenvalue weighted by atomic mass is 32.1. The zero-order chi connectivity index (χ0) is 20.6. The fraction of sp³-hybridized carbons (Fsp3) is 0.200. The van der Waals surface area contributed by atoms with E-state index in [1.54, 1.807) is 6.07 Å². The number of nitrogens with one attached hydrogen (secondary N) is 2. The van der Waals surface area contributed by atoms with E-state index in [9.17, 15) is 14.4 Å². The molecule has 0 radical (unpaired) electrons. The third-order valence-electron chi connectivity index (χ3n) is 3.91. The van der Waals surface area contributed by atoms with Crippen LogP contribution in [-0.4, -0.2) is 35.9 Å². The van der Waals surface area contributed by atoms with Gasteiger partial charge in [0.05, 0.1) is 12.0 Å². The minimum Gasteiger partial charge on any atom is -0.459 e. The number of carbonyl (C=O) groups excluding carboxylic acids is 3. The fourth-order valence-corrected chi connectivity index (χ4v) is 3.11. The number of aryl methyl sites for hydroxylation is 1. The van der Waals surface area contributed by atoms with Gasteiger partial charge >= 0.3 is 5.97 Å². The van der Waals surface area contributed by atoms with Crippen molar-refractivity contribution >= 4 is 34.3 Å². The first kappa shape index (κ1) is 20.3. The summed E-state index contributed by atoms with van der Waals surface area (Å²) in [4.78, 5) is 39.6. The summed E-state index contributed by atoms with van der Waals surface area (Å²) in [6.45, 7) is 1.24. The zero-order valence-corrected chi connectivity index (χ0v) is 16.5. The molecule has 29 heavy (non-hydrogen) atoms. The molecule has 0 unspecified atom stereocenters. The van der Waals surface area contributed by atoms with Gasteiger partial charge in [0.2, 0.25) is 0 Å². The van der Waals surface area contributed by atoms with E-state index in [2.05, 4.69) is 22.5 Å². The van der Waals surface area contributed by atoms with Crippen LogP contribution in [0.25, 0.3) is 11.3 Å². The average Bonchev–Trinajstić information content (AvgIpc) is 3.43. The molecule has 0 fully saturated rings. The van der Waals surface area contributed by atoms with Gasteiger partial charge in [-0.15, -0.1) is 11.3 Å². The third kappa shape index (κ3) is 5.76. The molecule has 1 aromatic carbocycles. The highest BCUT2D eigenvalue weighted by Crippen LogP contribution is 2.25. The van der Waals surface area contributed by atoms with Crippen molar-refractivity contribution in [1.82, 2.24) is 10.3 Å². The molecule has 2 N–H and O–H groups in total. The lowest BCUT2D eigenvalue weighted by Gasteiger charge is -2.05. The molecule has 0 aliphatic heterocycles. The lowest BCUT2D eigenvalue weighted by molar-refractivity contribution is -0.146. The number of rotatable bonds is 8. The number of furan rings is 1. The summed E-state index contributed by atoms with van der Waals surface area (Å²) in [5.41, 5.74) is 2.95. The Hall–Kier alpha value is -3.46. The maximum absolute atomic E-state index is 11.9. The van der Waals surface area contributed by atoms with E-state index < -0.39 is 24.4 Å². The van der Waals surface area contributed by atoms with Crippen LogP contribution in [0, 0.1) is 0 Å². The number of carbonyl (C=O) groups is 3. The van der Waals surface area contributed by atoms with E-state index in [1.807, 2.05) is 29.6 Å². The molecule has 0 aliphatic carbocycles. The van der Waals surface area contributed by atoms with Crippen molar-refractivity contribution in [3.8, 4) is 11.3 Å². The number of benzene rings is 1. The summed E-state index contributed by atoms with van der Waals surface area (Å²) in [5, 5.41) is 7.17. The number of thiazole rings is 1. The monoisotopic (exact) mass is 413 g/mol. The molecule has 0 aliphatic rings. The van der Waals surface area contributed by atoms with Gasteiger partial charge in [-0.25, -0.2) is 4.98 Å². The Kier molecular flexibility index (Phi) is 6.75. The summed E-state index contributed by atoms with van der Waals surface area (Å²) in [7, 11) is 0. The Labute approximate surface area is 170 Å². The maximum atomic E-state index is 11.9. The highest BCUT2D eigenvalue weighted by Gasteiger charge is 2.13. The van der Waals surface area contributed by atoms with Crippen molar-refractivity contribution in [2.45, 2.75) is 13.3 Å². The SMILES string of the molecule is CCc1ccc(-c2csc(NC(=O)COC(=O)CNC(=O)c3ccco3)n2)cc1. The van der Waals surface area contributed by atoms with Crippen LogP contribution in [0.5, 0.6) is 0 Å². The van der Waals surface area contributed by atoms with Crippen LogP contribution in [0.4, 0.5) is 5.13 Å². The van der Waals surface area contributed by atoms with Crippen LogP contribution in [0.15, 0.2) is 52.5 Å². The molecule has 3 aromatic rings. The molecule has 9 heteroatoms. The first-order chi connectivity index (χ1) is 14.0.